The van der Waals surface area contributed by atoms with Gasteiger partial charge >= 0.3 is 0 Å². The minimum absolute atomic E-state index is 0.408. The van der Waals surface area contributed by atoms with Crippen molar-refractivity contribution in [1.82, 2.24) is 15.0 Å². The van der Waals surface area contributed by atoms with E-state index in [1.165, 1.54) is 18.0 Å². The maximum Gasteiger partial charge on any atom is 0.189 e. The summed E-state index contributed by atoms with van der Waals surface area (Å²) in [6.07, 6.45) is 3.39. The van der Waals surface area contributed by atoms with Crippen LogP contribution in [0.25, 0.3) is 11.4 Å². The topological polar surface area (TPSA) is 88.5 Å². The molecule has 0 bridgehead atoms. The van der Waals surface area contributed by atoms with Crippen LogP contribution in [-0.2, 0) is 0 Å². The van der Waals surface area contributed by atoms with Crippen molar-refractivity contribution < 1.29 is 0 Å². The molecule has 0 aliphatic rings. The summed E-state index contributed by atoms with van der Waals surface area (Å²) < 4.78 is 0. The highest BCUT2D eigenvalue weighted by Crippen LogP contribution is 2.19. The summed E-state index contributed by atoms with van der Waals surface area (Å²) in [4.78, 5) is 12.5. The highest BCUT2D eigenvalue weighted by molar-refractivity contribution is 7.98. The van der Waals surface area contributed by atoms with Crippen LogP contribution in [0.15, 0.2) is 29.6 Å². The number of hydrogen-bond acceptors (Lipinski definition) is 6. The molecule has 0 unspecified atom stereocenters. The fourth-order valence-corrected chi connectivity index (χ4v) is 1.66. The van der Waals surface area contributed by atoms with E-state index in [-0.39, 0.29) is 0 Å². The molecule has 84 valence electrons. The number of nitriles is 1. The molecule has 2 rings (SSSR count). The number of pyridine rings is 1. The molecule has 0 aliphatic heterocycles. The Morgan fingerprint density at radius 2 is 2.12 bits per heavy atom. The number of aromatic nitrogens is 3. The Hall–Kier alpha value is -2.13. The molecule has 0 aromatic carbocycles. The zero-order valence-corrected chi connectivity index (χ0v) is 9.90. The molecule has 0 radical (unpaired) electrons. The molecule has 0 aliphatic carbocycles. The molecule has 0 fully saturated rings. The molecule has 2 N–H and O–H groups in total. The Balaban J connectivity index is 2.45. The molecule has 0 spiro atoms. The predicted octanol–water partition coefficient (Wildman–Crippen LogP) is 1.71. The molecule has 2 heterocycles. The lowest BCUT2D eigenvalue weighted by Crippen LogP contribution is -1.97. The second-order valence-electron chi connectivity index (χ2n) is 3.21. The molecule has 0 amide bonds. The summed E-state index contributed by atoms with van der Waals surface area (Å²) in [5, 5.41) is 9.29. The van der Waals surface area contributed by atoms with Gasteiger partial charge in [-0.3, -0.25) is 4.98 Å². The van der Waals surface area contributed by atoms with Crippen LogP contribution in [0.5, 0.6) is 0 Å². The third kappa shape index (κ3) is 2.52. The Morgan fingerprint density at radius 3 is 2.71 bits per heavy atom. The molecule has 2 aromatic rings. The first-order valence-corrected chi connectivity index (χ1v) is 6.00. The van der Waals surface area contributed by atoms with E-state index in [4.69, 9.17) is 11.0 Å². The third-order valence-corrected chi connectivity index (χ3v) is 2.61. The van der Waals surface area contributed by atoms with Gasteiger partial charge in [0.05, 0.1) is 17.0 Å². The fourth-order valence-electron chi connectivity index (χ4n) is 1.28. The second kappa shape index (κ2) is 4.80. The average Bonchev–Trinajstić information content (AvgIpc) is 2.38. The smallest absolute Gasteiger partial charge is 0.189 e. The standard InChI is InChI=1S/C11H9N5S/c1-17-11-15-9(4-10(13)16-11)8-3-2-7(5-12)6-14-8/h2-4,6H,1H3,(H2,13,15,16). The van der Waals surface area contributed by atoms with Crippen LogP contribution in [0.4, 0.5) is 5.82 Å². The maximum absolute atomic E-state index is 8.69. The third-order valence-electron chi connectivity index (χ3n) is 2.06. The van der Waals surface area contributed by atoms with Crippen LogP contribution < -0.4 is 5.73 Å². The highest BCUT2D eigenvalue weighted by atomic mass is 32.2. The van der Waals surface area contributed by atoms with Gasteiger partial charge in [0, 0.05) is 12.3 Å². The summed E-state index contributed by atoms with van der Waals surface area (Å²) in [6.45, 7) is 0. The summed E-state index contributed by atoms with van der Waals surface area (Å²) in [5.74, 6) is 0.408. The Morgan fingerprint density at radius 1 is 1.29 bits per heavy atom. The van der Waals surface area contributed by atoms with Crippen LogP contribution >= 0.6 is 11.8 Å². The largest absolute Gasteiger partial charge is 0.384 e. The van der Waals surface area contributed by atoms with E-state index in [1.807, 2.05) is 12.3 Å². The summed E-state index contributed by atoms with van der Waals surface area (Å²) in [7, 11) is 0. The van der Waals surface area contributed by atoms with Gasteiger partial charge in [-0.1, -0.05) is 11.8 Å². The van der Waals surface area contributed by atoms with Crippen molar-refractivity contribution in [3.8, 4) is 17.5 Å². The van der Waals surface area contributed by atoms with Gasteiger partial charge in [0.25, 0.3) is 0 Å². The van der Waals surface area contributed by atoms with Crippen molar-refractivity contribution >= 4 is 17.6 Å². The molecule has 0 atom stereocenters. The number of nitrogen functional groups attached to an aromatic ring is 1. The predicted molar refractivity (Wildman–Crippen MR) is 66.2 cm³/mol. The van der Waals surface area contributed by atoms with Crippen LogP contribution in [0.1, 0.15) is 5.56 Å². The van der Waals surface area contributed by atoms with E-state index >= 15 is 0 Å². The Labute approximate surface area is 103 Å². The first-order chi connectivity index (χ1) is 8.22. The molecule has 17 heavy (non-hydrogen) atoms. The highest BCUT2D eigenvalue weighted by Gasteiger charge is 2.05. The van der Waals surface area contributed by atoms with Crippen LogP contribution in [-0.4, -0.2) is 21.2 Å². The lowest BCUT2D eigenvalue weighted by molar-refractivity contribution is 0.979. The van der Waals surface area contributed by atoms with Gasteiger partial charge in [0.15, 0.2) is 5.16 Å². The number of hydrogen-bond donors (Lipinski definition) is 1. The van der Waals surface area contributed by atoms with Gasteiger partial charge in [0.1, 0.15) is 11.9 Å². The van der Waals surface area contributed by atoms with Crippen LogP contribution in [0.3, 0.4) is 0 Å². The van der Waals surface area contributed by atoms with Crippen LogP contribution in [0, 0.1) is 11.3 Å². The van der Waals surface area contributed by atoms with E-state index in [0.717, 1.165) is 0 Å². The monoisotopic (exact) mass is 243 g/mol. The van der Waals surface area contributed by atoms with E-state index in [2.05, 4.69) is 15.0 Å². The van der Waals surface area contributed by atoms with Gasteiger partial charge in [-0.05, 0) is 18.4 Å². The van der Waals surface area contributed by atoms with Gasteiger partial charge in [0.2, 0.25) is 0 Å². The van der Waals surface area contributed by atoms with Crippen molar-refractivity contribution in [3.05, 3.63) is 30.0 Å². The summed E-state index contributed by atoms with van der Waals surface area (Å²) >= 11 is 1.42. The number of anilines is 1. The second-order valence-corrected chi connectivity index (χ2v) is 3.98. The zero-order valence-electron chi connectivity index (χ0n) is 9.08. The van der Waals surface area contributed by atoms with E-state index in [9.17, 15) is 0 Å². The van der Waals surface area contributed by atoms with Gasteiger partial charge < -0.3 is 5.73 Å². The zero-order chi connectivity index (χ0) is 12.3. The van der Waals surface area contributed by atoms with E-state index in [1.54, 1.807) is 18.2 Å². The number of thioether (sulfide) groups is 1. The summed E-state index contributed by atoms with van der Waals surface area (Å²) in [6, 6.07) is 7.11. The number of nitrogens with two attached hydrogens (primary N) is 1. The average molecular weight is 243 g/mol. The van der Waals surface area contributed by atoms with Crippen molar-refractivity contribution in [2.24, 2.45) is 0 Å². The first kappa shape index (κ1) is 11.4. The Bertz CT molecular complexity index is 573. The lowest BCUT2D eigenvalue weighted by Gasteiger charge is -2.03. The lowest BCUT2D eigenvalue weighted by atomic mass is 10.2. The van der Waals surface area contributed by atoms with Gasteiger partial charge in [-0.2, -0.15) is 5.26 Å². The molecule has 5 nitrogen and oxygen atoms in total. The molecule has 0 saturated carbocycles. The molecular formula is C11H9N5S. The van der Waals surface area contributed by atoms with Crippen molar-refractivity contribution in [2.75, 3.05) is 12.0 Å². The first-order valence-electron chi connectivity index (χ1n) is 4.78. The maximum atomic E-state index is 8.69. The Kier molecular flexibility index (Phi) is 3.21. The molecule has 6 heteroatoms. The van der Waals surface area contributed by atoms with Crippen molar-refractivity contribution in [2.45, 2.75) is 5.16 Å². The van der Waals surface area contributed by atoms with Gasteiger partial charge in [-0.15, -0.1) is 0 Å². The van der Waals surface area contributed by atoms with E-state index < -0.39 is 0 Å². The number of nitrogens with zero attached hydrogens (tertiary/aromatic N) is 4. The summed E-state index contributed by atoms with van der Waals surface area (Å²) in [5.41, 5.74) is 7.53. The minimum atomic E-state index is 0.408. The molecule has 0 saturated heterocycles. The number of rotatable bonds is 2. The van der Waals surface area contributed by atoms with Crippen molar-refractivity contribution in [1.29, 1.82) is 5.26 Å². The normalized spacial score (nSPS) is 9.88. The van der Waals surface area contributed by atoms with Crippen LogP contribution in [0.2, 0.25) is 0 Å². The minimum Gasteiger partial charge on any atom is -0.384 e. The molecule has 2 aromatic heterocycles. The van der Waals surface area contributed by atoms with E-state index in [0.29, 0.717) is 27.9 Å². The quantitative estimate of drug-likeness (QED) is 0.638. The van der Waals surface area contributed by atoms with Crippen molar-refractivity contribution in [3.63, 3.8) is 0 Å². The van der Waals surface area contributed by atoms with Gasteiger partial charge in [-0.25, -0.2) is 9.97 Å². The SMILES string of the molecule is CSc1nc(N)cc(-c2ccc(C#N)cn2)n1. The fraction of sp³-hybridized carbons (Fsp3) is 0.0909. The molecular weight excluding hydrogens is 234 g/mol.